The van der Waals surface area contributed by atoms with E-state index in [2.05, 4.69) is 48.1 Å². The Kier molecular flexibility index (Phi) is 3.71. The molecule has 0 bridgehead atoms. The number of anilines is 1. The van der Waals surface area contributed by atoms with E-state index < -0.39 is 0 Å². The van der Waals surface area contributed by atoms with Crippen LogP contribution in [0.25, 0.3) is 16.6 Å². The zero-order valence-corrected chi connectivity index (χ0v) is 16.0. The number of benzene rings is 1. The Morgan fingerprint density at radius 2 is 2.04 bits per heavy atom. The van der Waals surface area contributed by atoms with E-state index in [1.807, 2.05) is 43.4 Å². The average molecular weight is 446 g/mol. The van der Waals surface area contributed by atoms with E-state index in [9.17, 15) is 4.79 Å². The Hall–Kier alpha value is -2.49. The molecule has 7 nitrogen and oxygen atoms in total. The topological polar surface area (TPSA) is 88.0 Å². The molecule has 0 unspecified atom stereocenters. The molecule has 1 aromatic carbocycles. The molecule has 0 atom stereocenters. The first kappa shape index (κ1) is 16.0. The van der Waals surface area contributed by atoms with Crippen LogP contribution in [-0.4, -0.2) is 30.5 Å². The van der Waals surface area contributed by atoms with Crippen LogP contribution < -0.4 is 5.32 Å². The summed E-state index contributed by atoms with van der Waals surface area (Å²) in [4.78, 5) is 21.7. The molecule has 4 rings (SSSR count). The van der Waals surface area contributed by atoms with Gasteiger partial charge in [-0.1, -0.05) is 0 Å². The predicted molar refractivity (Wildman–Crippen MR) is 104 cm³/mol. The van der Waals surface area contributed by atoms with Crippen LogP contribution in [0.1, 0.15) is 27.4 Å². The Labute approximate surface area is 157 Å². The Balaban J connectivity index is 1.75. The van der Waals surface area contributed by atoms with Crippen LogP contribution >= 0.6 is 22.6 Å². The fourth-order valence-electron chi connectivity index (χ4n) is 2.99. The molecule has 0 saturated carbocycles. The van der Waals surface area contributed by atoms with Gasteiger partial charge in [0.15, 0.2) is 5.65 Å². The summed E-state index contributed by atoms with van der Waals surface area (Å²) in [7, 11) is 0. The lowest BCUT2D eigenvalue weighted by Gasteiger charge is -2.12. The summed E-state index contributed by atoms with van der Waals surface area (Å²) >= 11 is 2.19. The molecule has 1 amide bonds. The average Bonchev–Trinajstić information content (AvgIpc) is 3.12. The minimum Gasteiger partial charge on any atom is -0.322 e. The number of aromatic amines is 1. The van der Waals surface area contributed by atoms with Crippen LogP contribution in [0.5, 0.6) is 0 Å². The highest BCUT2D eigenvalue weighted by Crippen LogP contribution is 2.23. The fourth-order valence-corrected chi connectivity index (χ4v) is 3.54. The van der Waals surface area contributed by atoms with Gasteiger partial charge < -0.3 is 5.32 Å². The summed E-state index contributed by atoms with van der Waals surface area (Å²) in [5, 5.41) is 11.1. The van der Waals surface area contributed by atoms with Crippen molar-refractivity contribution in [1.29, 1.82) is 0 Å². The number of aromatic nitrogens is 5. The van der Waals surface area contributed by atoms with Crippen molar-refractivity contribution in [2.75, 3.05) is 5.32 Å². The number of nitrogens with one attached hydrogen (secondary N) is 2. The van der Waals surface area contributed by atoms with Gasteiger partial charge in [0.05, 0.1) is 22.5 Å². The maximum absolute atomic E-state index is 12.9. The Morgan fingerprint density at radius 3 is 2.84 bits per heavy atom. The number of carbonyl (C=O) groups is 1. The van der Waals surface area contributed by atoms with Crippen molar-refractivity contribution in [1.82, 2.24) is 24.6 Å². The summed E-state index contributed by atoms with van der Waals surface area (Å²) < 4.78 is 2.78. The van der Waals surface area contributed by atoms with Crippen LogP contribution in [0, 0.1) is 24.5 Å². The number of carbonyl (C=O) groups excluding carboxylic acids is 1. The molecular weight excluding hydrogens is 431 g/mol. The molecule has 0 spiro atoms. The highest BCUT2D eigenvalue weighted by Gasteiger charge is 2.18. The first-order chi connectivity index (χ1) is 12.0. The van der Waals surface area contributed by atoms with E-state index in [1.165, 1.54) is 0 Å². The summed E-state index contributed by atoms with van der Waals surface area (Å²) in [6.07, 6.45) is 1.70. The van der Waals surface area contributed by atoms with E-state index in [0.717, 1.165) is 37.3 Å². The summed E-state index contributed by atoms with van der Waals surface area (Å²) in [5.41, 5.74) is 5.28. The molecule has 0 saturated heterocycles. The van der Waals surface area contributed by atoms with Gasteiger partial charge >= 0.3 is 0 Å². The molecule has 3 heterocycles. The third-order valence-electron chi connectivity index (χ3n) is 4.27. The van der Waals surface area contributed by atoms with E-state index in [-0.39, 0.29) is 5.91 Å². The van der Waals surface area contributed by atoms with Crippen LogP contribution in [-0.2, 0) is 0 Å². The van der Waals surface area contributed by atoms with Gasteiger partial charge in [0.25, 0.3) is 5.91 Å². The first-order valence-corrected chi connectivity index (χ1v) is 8.79. The predicted octanol–water partition coefficient (Wildman–Crippen LogP) is 3.39. The minimum absolute atomic E-state index is 0.186. The van der Waals surface area contributed by atoms with Crippen molar-refractivity contribution in [2.45, 2.75) is 20.8 Å². The van der Waals surface area contributed by atoms with Crippen LogP contribution in [0.2, 0.25) is 0 Å². The van der Waals surface area contributed by atoms with Crippen molar-refractivity contribution >= 4 is 50.7 Å². The van der Waals surface area contributed by atoms with Gasteiger partial charge in [0, 0.05) is 16.8 Å². The Bertz CT molecular complexity index is 1140. The molecule has 3 aromatic heterocycles. The van der Waals surface area contributed by atoms with Gasteiger partial charge in [-0.05, 0) is 61.6 Å². The van der Waals surface area contributed by atoms with Crippen LogP contribution in [0.15, 0.2) is 24.5 Å². The molecule has 0 aliphatic rings. The van der Waals surface area contributed by atoms with Crippen molar-refractivity contribution < 1.29 is 4.79 Å². The largest absolute Gasteiger partial charge is 0.322 e. The molecule has 0 aliphatic carbocycles. The number of hydrogen-bond acceptors (Lipinski definition) is 4. The van der Waals surface area contributed by atoms with Crippen molar-refractivity contribution in [3.8, 4) is 0 Å². The fraction of sp³-hybridized carbons (Fsp3) is 0.176. The van der Waals surface area contributed by atoms with Crippen molar-refractivity contribution in [3.63, 3.8) is 0 Å². The molecule has 25 heavy (non-hydrogen) atoms. The number of halogens is 1. The number of fused-ring (bicyclic) bond motifs is 2. The quantitative estimate of drug-likeness (QED) is 0.463. The monoisotopic (exact) mass is 446 g/mol. The summed E-state index contributed by atoms with van der Waals surface area (Å²) in [6.45, 7) is 5.65. The molecule has 2 N–H and O–H groups in total. The highest BCUT2D eigenvalue weighted by atomic mass is 127. The summed E-state index contributed by atoms with van der Waals surface area (Å²) in [6, 6.07) is 5.63. The van der Waals surface area contributed by atoms with Crippen molar-refractivity contribution in [2.24, 2.45) is 0 Å². The first-order valence-electron chi connectivity index (χ1n) is 7.71. The van der Waals surface area contributed by atoms with Gasteiger partial charge in [-0.3, -0.25) is 14.3 Å². The zero-order valence-electron chi connectivity index (χ0n) is 13.9. The van der Waals surface area contributed by atoms with Gasteiger partial charge in [-0.2, -0.15) is 5.10 Å². The Morgan fingerprint density at radius 1 is 1.24 bits per heavy atom. The van der Waals surface area contributed by atoms with Gasteiger partial charge in [0.1, 0.15) is 10.0 Å². The zero-order chi connectivity index (χ0) is 17.7. The van der Waals surface area contributed by atoms with E-state index in [0.29, 0.717) is 11.3 Å². The molecule has 4 aromatic rings. The molecule has 0 aliphatic heterocycles. The second-order valence-corrected chi connectivity index (χ2v) is 6.98. The third-order valence-corrected chi connectivity index (χ3v) is 5.09. The summed E-state index contributed by atoms with van der Waals surface area (Å²) in [5.74, 6) is -0.186. The number of rotatable bonds is 2. The van der Waals surface area contributed by atoms with E-state index in [4.69, 9.17) is 0 Å². The van der Waals surface area contributed by atoms with Crippen molar-refractivity contribution in [3.05, 3.63) is 50.9 Å². The van der Waals surface area contributed by atoms with Gasteiger partial charge in [-0.25, -0.2) is 9.97 Å². The molecule has 0 fully saturated rings. The smallest absolute Gasteiger partial charge is 0.259 e. The number of aryl methyl sites for hydroxylation is 3. The van der Waals surface area contributed by atoms with E-state index in [1.54, 1.807) is 6.33 Å². The standard InChI is InChI=1S/C17H15IN6O/c1-8-14(10(3)24-7-19-9(2)16(24)20-8)17(25)21-11-4-5-13-12(6-11)15(18)23-22-13/h4-7H,1-3H3,(H,21,25)(H,22,23). The van der Waals surface area contributed by atoms with Gasteiger partial charge in [0.2, 0.25) is 0 Å². The number of amides is 1. The normalized spacial score (nSPS) is 11.4. The number of H-pyrrole nitrogens is 1. The lowest BCUT2D eigenvalue weighted by molar-refractivity contribution is 0.102. The number of imidazole rings is 1. The van der Waals surface area contributed by atoms with Crippen LogP contribution in [0.4, 0.5) is 5.69 Å². The molecular formula is C17H15IN6O. The second kappa shape index (κ2) is 5.80. The second-order valence-electron chi connectivity index (χ2n) is 5.90. The maximum atomic E-state index is 12.9. The third kappa shape index (κ3) is 2.56. The lowest BCUT2D eigenvalue weighted by atomic mass is 10.1. The number of hydrogen-bond donors (Lipinski definition) is 2. The van der Waals surface area contributed by atoms with Crippen LogP contribution in [0.3, 0.4) is 0 Å². The molecule has 0 radical (unpaired) electrons. The molecule has 126 valence electrons. The lowest BCUT2D eigenvalue weighted by Crippen LogP contribution is -2.18. The van der Waals surface area contributed by atoms with E-state index >= 15 is 0 Å². The number of nitrogens with zero attached hydrogens (tertiary/aromatic N) is 4. The molecule has 8 heteroatoms. The minimum atomic E-state index is -0.186. The highest BCUT2D eigenvalue weighted by molar-refractivity contribution is 14.1. The maximum Gasteiger partial charge on any atom is 0.259 e. The van der Waals surface area contributed by atoms with Gasteiger partial charge in [-0.15, -0.1) is 0 Å². The SMILES string of the molecule is Cc1nc2c(C)ncn2c(C)c1C(=O)Nc1ccc2n[nH]c(I)c2c1.